The molecule has 0 spiro atoms. The van der Waals surface area contributed by atoms with Gasteiger partial charge in [0.1, 0.15) is 0 Å². The Kier molecular flexibility index (Phi) is 3.44. The molecule has 0 saturated carbocycles. The average Bonchev–Trinajstić information content (AvgIpc) is 2.81. The Morgan fingerprint density at radius 1 is 1.19 bits per heavy atom. The van der Waals surface area contributed by atoms with Crippen molar-refractivity contribution in [3.05, 3.63) is 65.1 Å². The first-order valence-electron chi connectivity index (χ1n) is 6.91. The van der Waals surface area contributed by atoms with Crippen LogP contribution in [-0.2, 0) is 6.54 Å². The van der Waals surface area contributed by atoms with E-state index in [-0.39, 0.29) is 5.91 Å². The minimum atomic E-state index is -0.0561. The first-order chi connectivity index (χ1) is 10.1. The Labute approximate surface area is 123 Å². The summed E-state index contributed by atoms with van der Waals surface area (Å²) in [6.45, 7) is 4.47. The lowest BCUT2D eigenvalue weighted by atomic mass is 10.1. The molecule has 0 radical (unpaired) electrons. The summed E-state index contributed by atoms with van der Waals surface area (Å²) in [6, 6.07) is 9.87. The molecule has 0 bridgehead atoms. The summed E-state index contributed by atoms with van der Waals surface area (Å²) in [6.07, 6.45) is 3.45. The molecule has 0 unspecified atom stereocenters. The summed E-state index contributed by atoms with van der Waals surface area (Å²) in [5, 5.41) is 3.93. The second-order valence-electron chi connectivity index (χ2n) is 5.21. The van der Waals surface area contributed by atoms with E-state index >= 15 is 0 Å². The number of hydrogen-bond acceptors (Lipinski definition) is 2. The van der Waals surface area contributed by atoms with E-state index in [1.807, 2.05) is 38.1 Å². The molecule has 4 heteroatoms. The molecule has 3 aromatic rings. The molecule has 0 saturated heterocycles. The summed E-state index contributed by atoms with van der Waals surface area (Å²) in [7, 11) is 0. The number of rotatable bonds is 3. The van der Waals surface area contributed by atoms with Crippen molar-refractivity contribution in [1.29, 1.82) is 0 Å². The number of nitrogens with one attached hydrogen (secondary N) is 2. The van der Waals surface area contributed by atoms with Crippen LogP contribution >= 0.6 is 0 Å². The Morgan fingerprint density at radius 2 is 1.95 bits per heavy atom. The van der Waals surface area contributed by atoms with E-state index in [1.54, 1.807) is 12.4 Å². The van der Waals surface area contributed by atoms with Crippen molar-refractivity contribution in [3.8, 4) is 0 Å². The topological polar surface area (TPSA) is 57.8 Å². The molecule has 0 atom stereocenters. The van der Waals surface area contributed by atoms with E-state index < -0.39 is 0 Å². The Morgan fingerprint density at radius 3 is 2.71 bits per heavy atom. The van der Waals surface area contributed by atoms with Gasteiger partial charge < -0.3 is 10.3 Å². The predicted octanol–water partition coefficient (Wildman–Crippen LogP) is 3.11. The van der Waals surface area contributed by atoms with Gasteiger partial charge in [0.2, 0.25) is 0 Å². The SMILES string of the molecule is Cc1ccc2c(C(=O)NCc3ccncc3)c(C)[nH]c2c1. The van der Waals surface area contributed by atoms with Gasteiger partial charge in [0.15, 0.2) is 0 Å². The van der Waals surface area contributed by atoms with Crippen LogP contribution in [0, 0.1) is 13.8 Å². The molecule has 3 rings (SSSR count). The van der Waals surface area contributed by atoms with Gasteiger partial charge in [-0.3, -0.25) is 9.78 Å². The number of amides is 1. The molecular formula is C17H17N3O. The number of carbonyl (C=O) groups excluding carboxylic acids is 1. The van der Waals surface area contributed by atoms with Crippen LogP contribution < -0.4 is 5.32 Å². The Bertz CT molecular complexity index is 790. The first-order valence-corrected chi connectivity index (χ1v) is 6.91. The molecule has 1 amide bonds. The summed E-state index contributed by atoms with van der Waals surface area (Å²) >= 11 is 0. The molecule has 0 fully saturated rings. The molecule has 0 aliphatic rings. The van der Waals surface area contributed by atoms with Crippen LogP contribution in [0.3, 0.4) is 0 Å². The van der Waals surface area contributed by atoms with Gasteiger partial charge in [0, 0.05) is 35.5 Å². The fourth-order valence-electron chi connectivity index (χ4n) is 2.51. The normalized spacial score (nSPS) is 10.8. The van der Waals surface area contributed by atoms with Crippen molar-refractivity contribution < 1.29 is 4.79 Å². The smallest absolute Gasteiger partial charge is 0.253 e. The number of aromatic nitrogens is 2. The lowest BCUT2D eigenvalue weighted by Crippen LogP contribution is -2.23. The zero-order valence-corrected chi connectivity index (χ0v) is 12.1. The largest absolute Gasteiger partial charge is 0.358 e. The fourth-order valence-corrected chi connectivity index (χ4v) is 2.51. The minimum Gasteiger partial charge on any atom is -0.358 e. The van der Waals surface area contributed by atoms with E-state index in [0.29, 0.717) is 6.54 Å². The van der Waals surface area contributed by atoms with E-state index in [2.05, 4.69) is 21.4 Å². The van der Waals surface area contributed by atoms with Crippen LogP contribution in [0.1, 0.15) is 27.2 Å². The molecule has 2 aromatic heterocycles. The van der Waals surface area contributed by atoms with Crippen molar-refractivity contribution in [2.45, 2.75) is 20.4 Å². The van der Waals surface area contributed by atoms with Crippen molar-refractivity contribution in [2.24, 2.45) is 0 Å². The lowest BCUT2D eigenvalue weighted by molar-refractivity contribution is 0.0952. The highest BCUT2D eigenvalue weighted by molar-refractivity contribution is 6.08. The molecule has 21 heavy (non-hydrogen) atoms. The third-order valence-electron chi connectivity index (χ3n) is 3.57. The van der Waals surface area contributed by atoms with Crippen molar-refractivity contribution >= 4 is 16.8 Å². The predicted molar refractivity (Wildman–Crippen MR) is 83.2 cm³/mol. The van der Waals surface area contributed by atoms with Gasteiger partial charge >= 0.3 is 0 Å². The number of pyridine rings is 1. The molecule has 0 aliphatic carbocycles. The zero-order chi connectivity index (χ0) is 14.8. The summed E-state index contributed by atoms with van der Waals surface area (Å²) < 4.78 is 0. The Hall–Kier alpha value is -2.62. The van der Waals surface area contributed by atoms with E-state index in [1.165, 1.54) is 5.56 Å². The monoisotopic (exact) mass is 279 g/mol. The van der Waals surface area contributed by atoms with Crippen LogP contribution in [0.15, 0.2) is 42.7 Å². The molecule has 0 aliphatic heterocycles. The third kappa shape index (κ3) is 2.65. The second-order valence-corrected chi connectivity index (χ2v) is 5.21. The van der Waals surface area contributed by atoms with Gasteiger partial charge in [-0.15, -0.1) is 0 Å². The molecule has 4 nitrogen and oxygen atoms in total. The van der Waals surface area contributed by atoms with Gasteiger partial charge in [-0.1, -0.05) is 12.1 Å². The van der Waals surface area contributed by atoms with Crippen LogP contribution in [0.2, 0.25) is 0 Å². The van der Waals surface area contributed by atoms with Crippen molar-refractivity contribution in [2.75, 3.05) is 0 Å². The van der Waals surface area contributed by atoms with E-state index in [9.17, 15) is 4.79 Å². The maximum absolute atomic E-state index is 12.5. The standard InChI is InChI=1S/C17H17N3O/c1-11-3-4-14-15(9-11)20-12(2)16(14)17(21)19-10-13-5-7-18-8-6-13/h3-9,20H,10H2,1-2H3,(H,19,21). The first kappa shape index (κ1) is 13.4. The molecular weight excluding hydrogens is 262 g/mol. The maximum Gasteiger partial charge on any atom is 0.253 e. The van der Waals surface area contributed by atoms with Crippen LogP contribution in [0.4, 0.5) is 0 Å². The van der Waals surface area contributed by atoms with Crippen molar-refractivity contribution in [3.63, 3.8) is 0 Å². The number of aromatic amines is 1. The van der Waals surface area contributed by atoms with Gasteiger partial charge in [-0.2, -0.15) is 0 Å². The summed E-state index contributed by atoms with van der Waals surface area (Å²) in [4.78, 5) is 19.7. The van der Waals surface area contributed by atoms with Gasteiger partial charge in [0.05, 0.1) is 5.56 Å². The molecule has 1 aromatic carbocycles. The fraction of sp³-hybridized carbons (Fsp3) is 0.176. The average molecular weight is 279 g/mol. The van der Waals surface area contributed by atoms with Crippen LogP contribution in [0.5, 0.6) is 0 Å². The third-order valence-corrected chi connectivity index (χ3v) is 3.57. The number of aryl methyl sites for hydroxylation is 2. The molecule has 106 valence electrons. The lowest BCUT2D eigenvalue weighted by Gasteiger charge is -2.05. The van der Waals surface area contributed by atoms with Crippen LogP contribution in [-0.4, -0.2) is 15.9 Å². The summed E-state index contributed by atoms with van der Waals surface area (Å²) in [5.41, 5.74) is 4.82. The highest BCUT2D eigenvalue weighted by Gasteiger charge is 2.15. The number of H-pyrrole nitrogens is 1. The second kappa shape index (κ2) is 5.40. The quantitative estimate of drug-likeness (QED) is 0.774. The summed E-state index contributed by atoms with van der Waals surface area (Å²) in [5.74, 6) is -0.0561. The van der Waals surface area contributed by atoms with Crippen molar-refractivity contribution in [1.82, 2.24) is 15.3 Å². The van der Waals surface area contributed by atoms with E-state index in [4.69, 9.17) is 0 Å². The molecule has 2 heterocycles. The highest BCUT2D eigenvalue weighted by atomic mass is 16.1. The van der Waals surface area contributed by atoms with Gasteiger partial charge in [0.25, 0.3) is 5.91 Å². The number of nitrogens with zero attached hydrogens (tertiary/aromatic N) is 1. The minimum absolute atomic E-state index is 0.0561. The van der Waals surface area contributed by atoms with Gasteiger partial charge in [-0.25, -0.2) is 0 Å². The van der Waals surface area contributed by atoms with Gasteiger partial charge in [-0.05, 0) is 43.2 Å². The number of fused-ring (bicyclic) bond motifs is 1. The number of hydrogen-bond donors (Lipinski definition) is 2. The number of carbonyl (C=O) groups is 1. The highest BCUT2D eigenvalue weighted by Crippen LogP contribution is 2.23. The van der Waals surface area contributed by atoms with E-state index in [0.717, 1.165) is 27.7 Å². The Balaban J connectivity index is 1.86. The van der Waals surface area contributed by atoms with Crippen LogP contribution in [0.25, 0.3) is 10.9 Å². The zero-order valence-electron chi connectivity index (χ0n) is 12.1. The molecule has 2 N–H and O–H groups in total. The number of benzene rings is 1. The maximum atomic E-state index is 12.5.